The molecule has 5 nitrogen and oxygen atoms in total. The minimum absolute atomic E-state index is 0.0214. The third kappa shape index (κ3) is 3.49. The van der Waals surface area contributed by atoms with E-state index in [1.807, 2.05) is 12.3 Å². The Kier molecular flexibility index (Phi) is 4.09. The molecule has 1 unspecified atom stereocenters. The number of thiazole rings is 1. The predicted octanol–water partition coefficient (Wildman–Crippen LogP) is 0.684. The van der Waals surface area contributed by atoms with Gasteiger partial charge in [-0.3, -0.25) is 9.69 Å². The number of piperazine rings is 1. The number of anilines is 1. The monoisotopic (exact) mass is 254 g/mol. The Labute approximate surface area is 105 Å². The van der Waals surface area contributed by atoms with E-state index < -0.39 is 0 Å². The highest BCUT2D eigenvalue weighted by molar-refractivity contribution is 7.13. The lowest BCUT2D eigenvalue weighted by Crippen LogP contribution is -2.51. The van der Waals surface area contributed by atoms with Crippen molar-refractivity contribution in [3.8, 4) is 0 Å². The zero-order valence-corrected chi connectivity index (χ0v) is 11.0. The van der Waals surface area contributed by atoms with Crippen LogP contribution in [0.1, 0.15) is 12.6 Å². The summed E-state index contributed by atoms with van der Waals surface area (Å²) in [6.07, 6.45) is 0. The Hall–Kier alpha value is -0.980. The molecule has 0 bridgehead atoms. The minimum Gasteiger partial charge on any atom is -0.314 e. The van der Waals surface area contributed by atoms with Gasteiger partial charge in [0.1, 0.15) is 0 Å². The Morgan fingerprint density at radius 1 is 1.76 bits per heavy atom. The molecular weight excluding hydrogens is 236 g/mol. The second-order valence-electron chi connectivity index (χ2n) is 4.37. The number of hydrogen-bond donors (Lipinski definition) is 2. The van der Waals surface area contributed by atoms with Crippen molar-refractivity contribution < 1.29 is 4.79 Å². The van der Waals surface area contributed by atoms with Crippen LogP contribution < -0.4 is 10.6 Å². The lowest BCUT2D eigenvalue weighted by atomic mass is 10.2. The van der Waals surface area contributed by atoms with Crippen LogP contribution in [0.2, 0.25) is 0 Å². The van der Waals surface area contributed by atoms with E-state index in [2.05, 4.69) is 27.4 Å². The zero-order chi connectivity index (χ0) is 12.3. The first-order valence-corrected chi connectivity index (χ1v) is 6.70. The van der Waals surface area contributed by atoms with E-state index >= 15 is 0 Å². The maximum atomic E-state index is 11.8. The number of aryl methyl sites for hydroxylation is 1. The number of rotatable bonds is 3. The summed E-state index contributed by atoms with van der Waals surface area (Å²) in [5.74, 6) is 0.0214. The van der Waals surface area contributed by atoms with E-state index in [-0.39, 0.29) is 5.91 Å². The average molecular weight is 254 g/mol. The number of hydrogen-bond acceptors (Lipinski definition) is 5. The van der Waals surface area contributed by atoms with Crippen LogP contribution in [-0.2, 0) is 4.79 Å². The summed E-state index contributed by atoms with van der Waals surface area (Å²) in [6, 6.07) is 0.410. The number of carbonyl (C=O) groups is 1. The van der Waals surface area contributed by atoms with Gasteiger partial charge in [-0.15, -0.1) is 11.3 Å². The van der Waals surface area contributed by atoms with Crippen molar-refractivity contribution in [3.05, 3.63) is 11.1 Å². The third-order valence-electron chi connectivity index (χ3n) is 2.85. The van der Waals surface area contributed by atoms with Crippen LogP contribution in [0.3, 0.4) is 0 Å². The summed E-state index contributed by atoms with van der Waals surface area (Å²) in [7, 11) is 0. The Morgan fingerprint density at radius 2 is 2.59 bits per heavy atom. The topological polar surface area (TPSA) is 57.3 Å². The number of aromatic nitrogens is 1. The van der Waals surface area contributed by atoms with Crippen molar-refractivity contribution >= 4 is 22.4 Å². The minimum atomic E-state index is 0.0214. The molecule has 1 aromatic rings. The van der Waals surface area contributed by atoms with Crippen LogP contribution in [0.4, 0.5) is 5.13 Å². The molecule has 1 aliphatic rings. The number of amides is 1. The molecule has 1 fully saturated rings. The first kappa shape index (κ1) is 12.5. The summed E-state index contributed by atoms with van der Waals surface area (Å²) >= 11 is 1.47. The largest absolute Gasteiger partial charge is 0.314 e. The smallest absolute Gasteiger partial charge is 0.240 e. The fourth-order valence-electron chi connectivity index (χ4n) is 1.87. The SMILES string of the molecule is Cc1csc(NC(=O)CN2CCNCC2C)n1. The second-order valence-corrected chi connectivity index (χ2v) is 5.22. The molecule has 0 spiro atoms. The van der Waals surface area contributed by atoms with Gasteiger partial charge >= 0.3 is 0 Å². The highest BCUT2D eigenvalue weighted by Gasteiger charge is 2.20. The molecule has 1 amide bonds. The molecule has 17 heavy (non-hydrogen) atoms. The van der Waals surface area contributed by atoms with Gasteiger partial charge in [-0.05, 0) is 13.8 Å². The molecular formula is C11H18N4OS. The average Bonchev–Trinajstić information content (AvgIpc) is 2.67. The molecule has 2 rings (SSSR count). The van der Waals surface area contributed by atoms with E-state index in [1.54, 1.807) is 0 Å². The van der Waals surface area contributed by atoms with E-state index in [9.17, 15) is 4.79 Å². The first-order chi connectivity index (χ1) is 8.15. The number of nitrogens with one attached hydrogen (secondary N) is 2. The van der Waals surface area contributed by atoms with Gasteiger partial charge in [0, 0.05) is 31.1 Å². The van der Waals surface area contributed by atoms with Gasteiger partial charge in [-0.2, -0.15) is 0 Å². The van der Waals surface area contributed by atoms with Crippen molar-refractivity contribution in [2.75, 3.05) is 31.5 Å². The summed E-state index contributed by atoms with van der Waals surface area (Å²) in [5, 5.41) is 8.77. The van der Waals surface area contributed by atoms with Crippen LogP contribution in [0.15, 0.2) is 5.38 Å². The quantitative estimate of drug-likeness (QED) is 0.833. The zero-order valence-electron chi connectivity index (χ0n) is 10.2. The van der Waals surface area contributed by atoms with Crippen molar-refractivity contribution in [2.45, 2.75) is 19.9 Å². The van der Waals surface area contributed by atoms with E-state index in [4.69, 9.17) is 0 Å². The molecule has 0 aromatic carbocycles. The predicted molar refractivity (Wildman–Crippen MR) is 69.4 cm³/mol. The van der Waals surface area contributed by atoms with Crippen LogP contribution in [0.25, 0.3) is 0 Å². The summed E-state index contributed by atoms with van der Waals surface area (Å²) in [5.41, 5.74) is 0.945. The first-order valence-electron chi connectivity index (χ1n) is 5.82. The normalized spacial score (nSPS) is 21.4. The summed E-state index contributed by atoms with van der Waals surface area (Å²) in [6.45, 7) is 7.32. The fraction of sp³-hybridized carbons (Fsp3) is 0.636. The van der Waals surface area contributed by atoms with E-state index in [1.165, 1.54) is 11.3 Å². The fourth-order valence-corrected chi connectivity index (χ4v) is 2.58. The lowest BCUT2D eigenvalue weighted by Gasteiger charge is -2.33. The van der Waals surface area contributed by atoms with Gasteiger partial charge in [-0.1, -0.05) is 0 Å². The van der Waals surface area contributed by atoms with Gasteiger partial charge in [0.15, 0.2) is 5.13 Å². The van der Waals surface area contributed by atoms with Crippen molar-refractivity contribution in [3.63, 3.8) is 0 Å². The number of nitrogens with zero attached hydrogens (tertiary/aromatic N) is 2. The van der Waals surface area contributed by atoms with Gasteiger partial charge in [0.2, 0.25) is 5.91 Å². The van der Waals surface area contributed by atoms with Crippen molar-refractivity contribution in [1.29, 1.82) is 0 Å². The molecule has 94 valence electrons. The van der Waals surface area contributed by atoms with E-state index in [0.29, 0.717) is 17.7 Å². The molecule has 2 N–H and O–H groups in total. The molecule has 1 aromatic heterocycles. The van der Waals surface area contributed by atoms with Gasteiger partial charge in [-0.25, -0.2) is 4.98 Å². The maximum Gasteiger partial charge on any atom is 0.240 e. The van der Waals surface area contributed by atoms with Gasteiger partial charge in [0.25, 0.3) is 0 Å². The second kappa shape index (κ2) is 5.57. The Bertz CT molecular complexity index is 393. The lowest BCUT2D eigenvalue weighted by molar-refractivity contribution is -0.118. The molecule has 1 saturated heterocycles. The molecule has 0 aliphatic carbocycles. The molecule has 6 heteroatoms. The van der Waals surface area contributed by atoms with Crippen LogP contribution in [0.5, 0.6) is 0 Å². The molecule has 0 saturated carbocycles. The third-order valence-corrected chi connectivity index (χ3v) is 3.73. The standard InChI is InChI=1S/C11H18N4OS/c1-8-7-17-11(13-8)14-10(16)6-15-4-3-12-5-9(15)2/h7,9,12H,3-6H2,1-2H3,(H,13,14,16). The van der Waals surface area contributed by atoms with Crippen molar-refractivity contribution in [2.24, 2.45) is 0 Å². The van der Waals surface area contributed by atoms with Crippen LogP contribution >= 0.6 is 11.3 Å². The molecule has 2 heterocycles. The summed E-state index contributed by atoms with van der Waals surface area (Å²) in [4.78, 5) is 18.2. The molecule has 1 atom stereocenters. The maximum absolute atomic E-state index is 11.8. The number of carbonyl (C=O) groups excluding carboxylic acids is 1. The van der Waals surface area contributed by atoms with E-state index in [0.717, 1.165) is 25.3 Å². The van der Waals surface area contributed by atoms with Crippen LogP contribution in [0, 0.1) is 6.92 Å². The summed E-state index contributed by atoms with van der Waals surface area (Å²) < 4.78 is 0. The Balaban J connectivity index is 1.84. The highest BCUT2D eigenvalue weighted by Crippen LogP contribution is 2.14. The molecule has 0 radical (unpaired) electrons. The van der Waals surface area contributed by atoms with Crippen molar-refractivity contribution in [1.82, 2.24) is 15.2 Å². The van der Waals surface area contributed by atoms with Gasteiger partial charge < -0.3 is 10.6 Å². The Morgan fingerprint density at radius 3 is 3.24 bits per heavy atom. The van der Waals surface area contributed by atoms with Crippen LogP contribution in [-0.4, -0.2) is 48.0 Å². The highest BCUT2D eigenvalue weighted by atomic mass is 32.1. The van der Waals surface area contributed by atoms with Gasteiger partial charge in [0.05, 0.1) is 12.2 Å². The molecule has 1 aliphatic heterocycles.